The standard InChI is InChI=1S/C27H20ClF4NO3S/c28-24-14-22(27(30,31)32)15-25(26(24)34)37(35,36)33(16-18-9-11-23(29)12-10-18)17-19-5-4-8-21(13-19)20-6-2-1-3-7-20/h1-15,34H,16-17H2. The van der Waals surface area contributed by atoms with Gasteiger partial charge in [-0.2, -0.15) is 17.5 Å². The third-order valence-corrected chi connectivity index (χ3v) is 7.73. The zero-order chi connectivity index (χ0) is 26.8. The molecule has 4 aromatic carbocycles. The van der Waals surface area contributed by atoms with Crippen LogP contribution in [0.4, 0.5) is 17.6 Å². The van der Waals surface area contributed by atoms with Crippen LogP contribution in [0.5, 0.6) is 5.75 Å². The van der Waals surface area contributed by atoms with Gasteiger partial charge in [-0.3, -0.25) is 0 Å². The molecule has 4 rings (SSSR count). The van der Waals surface area contributed by atoms with Crippen molar-refractivity contribution in [1.82, 2.24) is 4.31 Å². The first-order valence-electron chi connectivity index (χ1n) is 10.9. The van der Waals surface area contributed by atoms with Crippen LogP contribution in [0, 0.1) is 5.82 Å². The van der Waals surface area contributed by atoms with Crippen molar-refractivity contribution in [2.45, 2.75) is 24.2 Å². The van der Waals surface area contributed by atoms with Crippen molar-refractivity contribution in [2.75, 3.05) is 0 Å². The minimum absolute atomic E-state index is 0.242. The van der Waals surface area contributed by atoms with Gasteiger partial charge in [0.1, 0.15) is 10.7 Å². The lowest BCUT2D eigenvalue weighted by Gasteiger charge is -2.24. The molecule has 0 saturated heterocycles. The second kappa shape index (κ2) is 10.5. The van der Waals surface area contributed by atoms with E-state index in [0.29, 0.717) is 23.3 Å². The van der Waals surface area contributed by atoms with Crippen molar-refractivity contribution < 1.29 is 31.1 Å². The van der Waals surface area contributed by atoms with Crippen molar-refractivity contribution in [2.24, 2.45) is 0 Å². The van der Waals surface area contributed by atoms with Crippen LogP contribution in [0.25, 0.3) is 11.1 Å². The predicted molar refractivity (Wildman–Crippen MR) is 133 cm³/mol. The van der Waals surface area contributed by atoms with Crippen LogP contribution in [0.1, 0.15) is 16.7 Å². The Morgan fingerprint density at radius 2 is 1.41 bits per heavy atom. The molecule has 1 N–H and O–H groups in total. The second-order valence-corrected chi connectivity index (χ2v) is 10.6. The first-order chi connectivity index (χ1) is 17.4. The summed E-state index contributed by atoms with van der Waals surface area (Å²) in [5.41, 5.74) is 1.31. The number of sulfonamides is 1. The van der Waals surface area contributed by atoms with Crippen LogP contribution >= 0.6 is 11.6 Å². The number of rotatable bonds is 7. The maximum atomic E-state index is 13.7. The highest BCUT2D eigenvalue weighted by Crippen LogP contribution is 2.40. The van der Waals surface area contributed by atoms with E-state index >= 15 is 0 Å². The average Bonchev–Trinajstić information content (AvgIpc) is 2.86. The van der Waals surface area contributed by atoms with Crippen LogP contribution in [-0.4, -0.2) is 17.8 Å². The summed E-state index contributed by atoms with van der Waals surface area (Å²) in [5.74, 6) is -1.52. The molecule has 0 spiro atoms. The van der Waals surface area contributed by atoms with Gasteiger partial charge in [-0.1, -0.05) is 72.3 Å². The third-order valence-electron chi connectivity index (χ3n) is 5.64. The summed E-state index contributed by atoms with van der Waals surface area (Å²) in [6.45, 7) is -0.542. The van der Waals surface area contributed by atoms with Crippen LogP contribution in [-0.2, 0) is 29.3 Å². The lowest BCUT2D eigenvalue weighted by Crippen LogP contribution is -2.30. The highest BCUT2D eigenvalue weighted by Gasteiger charge is 2.36. The van der Waals surface area contributed by atoms with E-state index in [-0.39, 0.29) is 13.1 Å². The number of nitrogens with zero attached hydrogens (tertiary/aromatic N) is 1. The first kappa shape index (κ1) is 26.7. The second-order valence-electron chi connectivity index (χ2n) is 8.27. The minimum atomic E-state index is -4.90. The molecule has 0 aliphatic heterocycles. The van der Waals surface area contributed by atoms with E-state index in [1.54, 1.807) is 18.2 Å². The van der Waals surface area contributed by atoms with E-state index in [9.17, 15) is 31.1 Å². The zero-order valence-electron chi connectivity index (χ0n) is 19.1. The van der Waals surface area contributed by atoms with Crippen molar-refractivity contribution >= 4 is 21.6 Å². The Morgan fingerprint density at radius 1 is 0.784 bits per heavy atom. The van der Waals surface area contributed by atoms with Gasteiger partial charge in [0, 0.05) is 13.1 Å². The Morgan fingerprint density at radius 3 is 2.05 bits per heavy atom. The van der Waals surface area contributed by atoms with Gasteiger partial charge in [0.2, 0.25) is 10.0 Å². The molecule has 0 unspecified atom stereocenters. The molecule has 0 amide bonds. The normalized spacial score (nSPS) is 12.2. The monoisotopic (exact) mass is 549 g/mol. The number of hydrogen-bond acceptors (Lipinski definition) is 3. The molecule has 4 nitrogen and oxygen atoms in total. The molecule has 0 radical (unpaired) electrons. The maximum absolute atomic E-state index is 13.7. The lowest BCUT2D eigenvalue weighted by atomic mass is 10.0. The number of phenols is 1. The Labute approximate surface area is 216 Å². The van der Waals surface area contributed by atoms with Gasteiger partial charge in [0.15, 0.2) is 5.75 Å². The molecule has 10 heteroatoms. The molecule has 192 valence electrons. The largest absolute Gasteiger partial charge is 0.505 e. The molecule has 0 fully saturated rings. The van der Waals surface area contributed by atoms with Crippen molar-refractivity contribution in [3.05, 3.63) is 119 Å². The van der Waals surface area contributed by atoms with Gasteiger partial charge < -0.3 is 5.11 Å². The van der Waals surface area contributed by atoms with Gasteiger partial charge in [0.05, 0.1) is 10.6 Å². The highest BCUT2D eigenvalue weighted by molar-refractivity contribution is 7.89. The smallest absolute Gasteiger partial charge is 0.416 e. The average molecular weight is 550 g/mol. The molecular weight excluding hydrogens is 530 g/mol. The summed E-state index contributed by atoms with van der Waals surface area (Å²) in [6, 6.07) is 22.2. The minimum Gasteiger partial charge on any atom is -0.505 e. The molecule has 0 aliphatic rings. The van der Waals surface area contributed by atoms with E-state index in [1.807, 2.05) is 36.4 Å². The van der Waals surface area contributed by atoms with Gasteiger partial charge >= 0.3 is 6.18 Å². The zero-order valence-corrected chi connectivity index (χ0v) is 20.7. The molecule has 0 aliphatic carbocycles. The topological polar surface area (TPSA) is 57.6 Å². The molecule has 0 heterocycles. The molecule has 0 atom stereocenters. The summed E-state index contributed by atoms with van der Waals surface area (Å²) < 4.78 is 82.0. The van der Waals surface area contributed by atoms with Crippen LogP contribution in [0.2, 0.25) is 5.02 Å². The molecule has 0 saturated carbocycles. The van der Waals surface area contributed by atoms with Crippen molar-refractivity contribution in [3.63, 3.8) is 0 Å². The number of benzene rings is 4. The molecular formula is C27H20ClF4NO3S. The predicted octanol–water partition coefficient (Wildman–Crippen LogP) is 7.26. The molecule has 37 heavy (non-hydrogen) atoms. The van der Waals surface area contributed by atoms with Crippen LogP contribution in [0.3, 0.4) is 0 Å². The summed E-state index contributed by atoms with van der Waals surface area (Å²) in [4.78, 5) is -0.978. The van der Waals surface area contributed by atoms with E-state index in [1.165, 1.54) is 12.1 Å². The van der Waals surface area contributed by atoms with Crippen molar-refractivity contribution in [1.29, 1.82) is 0 Å². The van der Waals surface area contributed by atoms with E-state index in [4.69, 9.17) is 11.6 Å². The Balaban J connectivity index is 1.79. The number of phenolic OH excluding ortho intramolecular Hbond substituents is 1. The molecule has 4 aromatic rings. The fourth-order valence-electron chi connectivity index (χ4n) is 3.78. The fraction of sp³-hybridized carbons (Fsp3) is 0.111. The molecule has 0 bridgehead atoms. The SMILES string of the molecule is O=S(=O)(c1cc(C(F)(F)F)cc(Cl)c1O)N(Cc1ccc(F)cc1)Cc1cccc(-c2ccccc2)c1. The number of aromatic hydroxyl groups is 1. The summed E-state index contributed by atoms with van der Waals surface area (Å²) >= 11 is 5.79. The van der Waals surface area contributed by atoms with E-state index in [2.05, 4.69) is 0 Å². The van der Waals surface area contributed by atoms with E-state index in [0.717, 1.165) is 27.6 Å². The summed E-state index contributed by atoms with van der Waals surface area (Å²) in [6.07, 6.45) is -4.90. The lowest BCUT2D eigenvalue weighted by molar-refractivity contribution is -0.137. The van der Waals surface area contributed by atoms with Gasteiger partial charge in [-0.15, -0.1) is 0 Å². The van der Waals surface area contributed by atoms with Crippen LogP contribution in [0.15, 0.2) is 95.9 Å². The van der Waals surface area contributed by atoms with Gasteiger partial charge in [0.25, 0.3) is 0 Å². The Kier molecular flexibility index (Phi) is 7.59. The highest BCUT2D eigenvalue weighted by atomic mass is 35.5. The third kappa shape index (κ3) is 6.12. The quantitative estimate of drug-likeness (QED) is 0.247. The fourth-order valence-corrected chi connectivity index (χ4v) is 5.60. The van der Waals surface area contributed by atoms with Crippen molar-refractivity contribution in [3.8, 4) is 16.9 Å². The Hall–Kier alpha value is -3.40. The molecule has 0 aromatic heterocycles. The van der Waals surface area contributed by atoms with E-state index < -0.39 is 43.2 Å². The van der Waals surface area contributed by atoms with Gasteiger partial charge in [-0.25, -0.2) is 12.8 Å². The summed E-state index contributed by atoms with van der Waals surface area (Å²) in [5, 5.41) is 9.63. The number of alkyl halides is 3. The number of halogens is 5. The maximum Gasteiger partial charge on any atom is 0.416 e. The van der Waals surface area contributed by atoms with Crippen LogP contribution < -0.4 is 0 Å². The number of hydrogen-bond donors (Lipinski definition) is 1. The summed E-state index contributed by atoms with van der Waals surface area (Å²) in [7, 11) is -4.72. The van der Waals surface area contributed by atoms with Gasteiger partial charge in [-0.05, 0) is 52.6 Å². The first-order valence-corrected chi connectivity index (χ1v) is 12.8. The Bertz CT molecular complexity index is 1510.